The molecule has 2 aromatic heterocycles. The van der Waals surface area contributed by atoms with Crippen LogP contribution in [0.2, 0.25) is 0 Å². The van der Waals surface area contributed by atoms with Gasteiger partial charge in [-0.15, -0.1) is 0 Å². The Balaban J connectivity index is 1.90. The van der Waals surface area contributed by atoms with E-state index in [1.807, 2.05) is 30.3 Å². The molecule has 0 aliphatic carbocycles. The van der Waals surface area contributed by atoms with Gasteiger partial charge in [0.25, 0.3) is 5.56 Å². The first-order chi connectivity index (χ1) is 13.9. The van der Waals surface area contributed by atoms with Gasteiger partial charge in [0, 0.05) is 28.2 Å². The second-order valence-corrected chi connectivity index (χ2v) is 6.80. The van der Waals surface area contributed by atoms with Crippen LogP contribution in [0.5, 0.6) is 0 Å². The summed E-state index contributed by atoms with van der Waals surface area (Å²) >= 11 is 0. The van der Waals surface area contributed by atoms with Crippen molar-refractivity contribution in [2.24, 2.45) is 0 Å². The van der Waals surface area contributed by atoms with Crippen molar-refractivity contribution in [1.82, 2.24) is 14.3 Å². The Morgan fingerprint density at radius 1 is 1.10 bits per heavy atom. The second-order valence-electron chi connectivity index (χ2n) is 6.80. The normalized spacial score (nSPS) is 11.1. The van der Waals surface area contributed by atoms with Crippen LogP contribution in [-0.2, 0) is 17.9 Å². The average molecular weight is 391 g/mol. The molecule has 0 spiro atoms. The Labute approximate surface area is 165 Å². The Morgan fingerprint density at radius 2 is 1.86 bits per heavy atom. The van der Waals surface area contributed by atoms with Gasteiger partial charge < -0.3 is 9.67 Å². The molecule has 7 heteroatoms. The molecule has 6 nitrogen and oxygen atoms in total. The molecule has 0 aliphatic heterocycles. The average Bonchev–Trinajstić information content (AvgIpc) is 2.95. The summed E-state index contributed by atoms with van der Waals surface area (Å²) in [5, 5.41) is 14.3. The van der Waals surface area contributed by atoms with Gasteiger partial charge in [0.05, 0.1) is 12.2 Å². The summed E-state index contributed by atoms with van der Waals surface area (Å²) in [6.07, 6.45) is 0. The lowest BCUT2D eigenvalue weighted by atomic mass is 10.1. The third kappa shape index (κ3) is 3.54. The number of hydrogen-bond acceptors (Lipinski definition) is 3. The summed E-state index contributed by atoms with van der Waals surface area (Å²) in [7, 11) is 0. The van der Waals surface area contributed by atoms with Gasteiger partial charge >= 0.3 is 5.97 Å². The van der Waals surface area contributed by atoms with E-state index in [1.54, 1.807) is 23.6 Å². The highest BCUT2D eigenvalue weighted by molar-refractivity contribution is 5.97. The van der Waals surface area contributed by atoms with E-state index in [1.165, 1.54) is 22.9 Å². The standard InChI is InChI=1S/C22H18FN3O3/c1-14-22(17-11-16(23)7-9-19(17)25(14)13-21(28)29)18-8-10-20(27)26(24-18)12-15-5-3-2-4-6-15/h2-11H,12-13H2,1H3,(H,28,29). The van der Waals surface area contributed by atoms with Crippen molar-refractivity contribution in [3.8, 4) is 11.3 Å². The zero-order valence-electron chi connectivity index (χ0n) is 15.7. The van der Waals surface area contributed by atoms with Crippen LogP contribution < -0.4 is 5.56 Å². The largest absolute Gasteiger partial charge is 0.480 e. The fourth-order valence-corrected chi connectivity index (χ4v) is 3.57. The number of halogens is 1. The Hall–Kier alpha value is -3.74. The third-order valence-corrected chi connectivity index (χ3v) is 4.88. The summed E-state index contributed by atoms with van der Waals surface area (Å²) in [4.78, 5) is 23.6. The van der Waals surface area contributed by atoms with Crippen LogP contribution in [0.3, 0.4) is 0 Å². The predicted octanol–water partition coefficient (Wildman–Crippen LogP) is 3.45. The van der Waals surface area contributed by atoms with Crippen LogP contribution in [0.15, 0.2) is 65.5 Å². The molecular weight excluding hydrogens is 373 g/mol. The van der Waals surface area contributed by atoms with Crippen LogP contribution in [-0.4, -0.2) is 25.4 Å². The smallest absolute Gasteiger partial charge is 0.323 e. The van der Waals surface area contributed by atoms with Crippen molar-refractivity contribution in [2.75, 3.05) is 0 Å². The molecule has 146 valence electrons. The molecule has 4 aromatic rings. The number of hydrogen-bond donors (Lipinski definition) is 1. The maximum absolute atomic E-state index is 14.0. The summed E-state index contributed by atoms with van der Waals surface area (Å²) in [5.74, 6) is -1.42. The lowest BCUT2D eigenvalue weighted by Crippen LogP contribution is -2.22. The maximum atomic E-state index is 14.0. The van der Waals surface area contributed by atoms with E-state index in [0.717, 1.165) is 5.56 Å². The Kier molecular flexibility index (Phi) is 4.72. The number of carboxylic acid groups (broad SMARTS) is 1. The van der Waals surface area contributed by atoms with Gasteiger partial charge in [0.2, 0.25) is 0 Å². The molecule has 0 atom stereocenters. The number of benzene rings is 2. The summed E-state index contributed by atoms with van der Waals surface area (Å²) < 4.78 is 16.9. The van der Waals surface area contributed by atoms with Crippen LogP contribution in [0.1, 0.15) is 11.3 Å². The molecule has 2 heterocycles. The molecule has 29 heavy (non-hydrogen) atoms. The lowest BCUT2D eigenvalue weighted by molar-refractivity contribution is -0.137. The number of fused-ring (bicyclic) bond motifs is 1. The summed E-state index contributed by atoms with van der Waals surface area (Å²) in [6.45, 7) is 1.82. The van der Waals surface area contributed by atoms with Crippen molar-refractivity contribution in [1.29, 1.82) is 0 Å². The fourth-order valence-electron chi connectivity index (χ4n) is 3.57. The minimum atomic E-state index is -0.997. The number of carbonyl (C=O) groups is 1. The van der Waals surface area contributed by atoms with Gasteiger partial charge in [0.1, 0.15) is 12.4 Å². The van der Waals surface area contributed by atoms with Crippen molar-refractivity contribution in [2.45, 2.75) is 20.0 Å². The van der Waals surface area contributed by atoms with E-state index >= 15 is 0 Å². The maximum Gasteiger partial charge on any atom is 0.323 e. The predicted molar refractivity (Wildman–Crippen MR) is 107 cm³/mol. The Bertz CT molecular complexity index is 1280. The highest BCUT2D eigenvalue weighted by Crippen LogP contribution is 2.33. The van der Waals surface area contributed by atoms with Gasteiger partial charge in [-0.3, -0.25) is 9.59 Å². The van der Waals surface area contributed by atoms with Crippen molar-refractivity contribution in [3.63, 3.8) is 0 Å². The molecule has 4 rings (SSSR count). The highest BCUT2D eigenvalue weighted by atomic mass is 19.1. The van der Waals surface area contributed by atoms with Crippen molar-refractivity contribution >= 4 is 16.9 Å². The molecule has 2 aromatic carbocycles. The lowest BCUT2D eigenvalue weighted by Gasteiger charge is -2.08. The molecule has 0 amide bonds. The van der Waals surface area contributed by atoms with Gasteiger partial charge in [-0.05, 0) is 36.8 Å². The van der Waals surface area contributed by atoms with Crippen molar-refractivity contribution < 1.29 is 14.3 Å². The molecule has 0 fully saturated rings. The SMILES string of the molecule is Cc1c(-c2ccc(=O)n(Cc3ccccc3)n2)c2cc(F)ccc2n1CC(=O)O. The number of nitrogens with zero attached hydrogens (tertiary/aromatic N) is 3. The van der Waals surface area contributed by atoms with E-state index in [-0.39, 0.29) is 12.1 Å². The van der Waals surface area contributed by atoms with Crippen LogP contribution in [0.25, 0.3) is 22.2 Å². The molecule has 1 N–H and O–H groups in total. The first-order valence-electron chi connectivity index (χ1n) is 9.06. The Morgan fingerprint density at radius 3 is 2.59 bits per heavy atom. The van der Waals surface area contributed by atoms with Gasteiger partial charge in [-0.1, -0.05) is 30.3 Å². The van der Waals surface area contributed by atoms with E-state index < -0.39 is 11.8 Å². The molecule has 0 radical (unpaired) electrons. The van der Waals surface area contributed by atoms with Crippen molar-refractivity contribution in [3.05, 3.63) is 88.1 Å². The van der Waals surface area contributed by atoms with Crippen LogP contribution >= 0.6 is 0 Å². The zero-order chi connectivity index (χ0) is 20.5. The van der Waals surface area contributed by atoms with E-state index in [2.05, 4.69) is 5.10 Å². The quantitative estimate of drug-likeness (QED) is 0.565. The summed E-state index contributed by atoms with van der Waals surface area (Å²) in [6, 6.07) is 16.7. The summed E-state index contributed by atoms with van der Waals surface area (Å²) in [5.41, 5.74) is 3.01. The van der Waals surface area contributed by atoms with Gasteiger partial charge in [-0.25, -0.2) is 9.07 Å². The van der Waals surface area contributed by atoms with Gasteiger partial charge in [0.15, 0.2) is 0 Å². The molecule has 0 aliphatic rings. The first kappa shape index (κ1) is 18.6. The molecule has 0 saturated heterocycles. The first-order valence-corrected chi connectivity index (χ1v) is 9.06. The van der Waals surface area contributed by atoms with Crippen LogP contribution in [0.4, 0.5) is 4.39 Å². The highest BCUT2D eigenvalue weighted by Gasteiger charge is 2.19. The van der Waals surface area contributed by atoms with E-state index in [4.69, 9.17) is 0 Å². The molecule has 0 bridgehead atoms. The topological polar surface area (TPSA) is 77.1 Å². The monoisotopic (exact) mass is 391 g/mol. The molecule has 0 unspecified atom stereocenters. The minimum absolute atomic E-state index is 0.252. The zero-order valence-corrected chi connectivity index (χ0v) is 15.7. The third-order valence-electron chi connectivity index (χ3n) is 4.88. The van der Waals surface area contributed by atoms with E-state index in [0.29, 0.717) is 34.4 Å². The second kappa shape index (κ2) is 7.35. The molecule has 0 saturated carbocycles. The van der Waals surface area contributed by atoms with Crippen LogP contribution in [0, 0.1) is 12.7 Å². The number of aromatic nitrogens is 3. The fraction of sp³-hybridized carbons (Fsp3) is 0.136. The number of carboxylic acids is 1. The van der Waals surface area contributed by atoms with Gasteiger partial charge in [-0.2, -0.15) is 5.10 Å². The number of rotatable bonds is 5. The number of aliphatic carboxylic acids is 1. The molecular formula is C22H18FN3O3. The van der Waals surface area contributed by atoms with E-state index in [9.17, 15) is 19.1 Å². The minimum Gasteiger partial charge on any atom is -0.480 e.